The molecule has 142 valence electrons. The van der Waals surface area contributed by atoms with E-state index in [1.807, 2.05) is 35.9 Å². The van der Waals surface area contributed by atoms with E-state index < -0.39 is 0 Å². The zero-order valence-electron chi connectivity index (χ0n) is 15.0. The van der Waals surface area contributed by atoms with E-state index in [9.17, 15) is 4.79 Å². The molecule has 0 saturated carbocycles. The van der Waals surface area contributed by atoms with Crippen LogP contribution in [0.3, 0.4) is 0 Å². The Morgan fingerprint density at radius 3 is 2.65 bits per heavy atom. The first kappa shape index (κ1) is 20.7. The SMILES string of the molecule is CC(CN)CNC(=O)c1nn(-c2ccc(Cl)cc2)c2c1CCCCC2.Cl. The van der Waals surface area contributed by atoms with Gasteiger partial charge in [-0.2, -0.15) is 5.10 Å². The van der Waals surface area contributed by atoms with E-state index in [1.54, 1.807) is 0 Å². The molecule has 1 aliphatic rings. The number of benzene rings is 1. The number of nitrogens with two attached hydrogens (primary N) is 1. The first-order chi connectivity index (χ1) is 12.1. The molecule has 1 aliphatic carbocycles. The molecule has 1 atom stereocenters. The summed E-state index contributed by atoms with van der Waals surface area (Å²) in [7, 11) is 0. The van der Waals surface area contributed by atoms with Crippen molar-refractivity contribution in [2.24, 2.45) is 11.7 Å². The van der Waals surface area contributed by atoms with E-state index in [0.717, 1.165) is 42.6 Å². The summed E-state index contributed by atoms with van der Waals surface area (Å²) in [5, 5.41) is 8.34. The summed E-state index contributed by atoms with van der Waals surface area (Å²) in [6.45, 7) is 3.14. The number of carbonyl (C=O) groups excluding carboxylic acids is 1. The number of carbonyl (C=O) groups is 1. The lowest BCUT2D eigenvalue weighted by Crippen LogP contribution is -2.32. The van der Waals surface area contributed by atoms with E-state index in [2.05, 4.69) is 10.4 Å². The molecule has 0 saturated heterocycles. The summed E-state index contributed by atoms with van der Waals surface area (Å²) < 4.78 is 1.91. The fourth-order valence-corrected chi connectivity index (χ4v) is 3.31. The Balaban J connectivity index is 0.00000243. The summed E-state index contributed by atoms with van der Waals surface area (Å²) in [5.74, 6) is 0.145. The molecule has 0 spiro atoms. The van der Waals surface area contributed by atoms with Crippen molar-refractivity contribution in [2.75, 3.05) is 13.1 Å². The van der Waals surface area contributed by atoms with E-state index in [0.29, 0.717) is 23.8 Å². The molecule has 3 N–H and O–H groups in total. The number of amides is 1. The highest BCUT2D eigenvalue weighted by Crippen LogP contribution is 2.27. The monoisotopic (exact) mass is 396 g/mol. The van der Waals surface area contributed by atoms with Gasteiger partial charge in [0.2, 0.25) is 0 Å². The van der Waals surface area contributed by atoms with Crippen LogP contribution in [-0.2, 0) is 12.8 Å². The van der Waals surface area contributed by atoms with Crippen molar-refractivity contribution in [3.63, 3.8) is 0 Å². The van der Waals surface area contributed by atoms with Crippen LogP contribution in [0.25, 0.3) is 5.69 Å². The highest BCUT2D eigenvalue weighted by atomic mass is 35.5. The zero-order chi connectivity index (χ0) is 17.8. The molecule has 2 aromatic rings. The van der Waals surface area contributed by atoms with Crippen molar-refractivity contribution in [2.45, 2.75) is 39.0 Å². The molecule has 26 heavy (non-hydrogen) atoms. The van der Waals surface area contributed by atoms with Crippen LogP contribution in [0.1, 0.15) is 47.9 Å². The van der Waals surface area contributed by atoms with Gasteiger partial charge in [-0.1, -0.05) is 24.9 Å². The van der Waals surface area contributed by atoms with Gasteiger partial charge in [-0.15, -0.1) is 12.4 Å². The first-order valence-electron chi connectivity index (χ1n) is 8.95. The normalized spacial score (nSPS) is 14.7. The molecule has 1 aromatic carbocycles. The van der Waals surface area contributed by atoms with Crippen LogP contribution < -0.4 is 11.1 Å². The third kappa shape index (κ3) is 4.58. The molecule has 3 rings (SSSR count). The van der Waals surface area contributed by atoms with Crippen molar-refractivity contribution in [1.82, 2.24) is 15.1 Å². The minimum absolute atomic E-state index is 0. The number of nitrogens with one attached hydrogen (secondary N) is 1. The van der Waals surface area contributed by atoms with Gasteiger partial charge >= 0.3 is 0 Å². The minimum atomic E-state index is -0.105. The van der Waals surface area contributed by atoms with E-state index in [4.69, 9.17) is 17.3 Å². The molecule has 0 aliphatic heterocycles. The van der Waals surface area contributed by atoms with Crippen molar-refractivity contribution in [3.05, 3.63) is 46.2 Å². The first-order valence-corrected chi connectivity index (χ1v) is 9.33. The number of aromatic nitrogens is 2. The maximum Gasteiger partial charge on any atom is 0.272 e. The van der Waals surface area contributed by atoms with Crippen LogP contribution in [0.5, 0.6) is 0 Å². The second kappa shape index (κ2) is 9.40. The fraction of sp³-hybridized carbons (Fsp3) is 0.474. The second-order valence-electron chi connectivity index (χ2n) is 6.77. The van der Waals surface area contributed by atoms with Crippen molar-refractivity contribution in [3.8, 4) is 5.69 Å². The fourth-order valence-electron chi connectivity index (χ4n) is 3.19. The van der Waals surface area contributed by atoms with Crippen LogP contribution in [0.4, 0.5) is 0 Å². The Bertz CT molecular complexity index is 743. The molecular weight excluding hydrogens is 371 g/mol. The third-order valence-corrected chi connectivity index (χ3v) is 4.98. The molecule has 1 heterocycles. The summed E-state index contributed by atoms with van der Waals surface area (Å²) in [5.41, 5.74) is 9.37. The lowest BCUT2D eigenvalue weighted by atomic mass is 10.1. The Labute approximate surface area is 165 Å². The number of fused-ring (bicyclic) bond motifs is 1. The van der Waals surface area contributed by atoms with Crippen molar-refractivity contribution >= 4 is 29.9 Å². The van der Waals surface area contributed by atoms with Gasteiger partial charge in [-0.3, -0.25) is 4.79 Å². The van der Waals surface area contributed by atoms with Crippen LogP contribution >= 0.6 is 24.0 Å². The molecule has 7 heteroatoms. The van der Waals surface area contributed by atoms with Gasteiger partial charge in [0.1, 0.15) is 0 Å². The molecule has 0 fully saturated rings. The summed E-state index contributed by atoms with van der Waals surface area (Å²) in [6.07, 6.45) is 5.24. The summed E-state index contributed by atoms with van der Waals surface area (Å²) in [6, 6.07) is 7.59. The minimum Gasteiger partial charge on any atom is -0.350 e. The Morgan fingerprint density at radius 1 is 1.27 bits per heavy atom. The van der Waals surface area contributed by atoms with Crippen molar-refractivity contribution in [1.29, 1.82) is 0 Å². The smallest absolute Gasteiger partial charge is 0.272 e. The maximum atomic E-state index is 12.7. The zero-order valence-corrected chi connectivity index (χ0v) is 16.6. The highest BCUT2D eigenvalue weighted by Gasteiger charge is 2.24. The molecule has 1 unspecified atom stereocenters. The van der Waals surface area contributed by atoms with Crippen molar-refractivity contribution < 1.29 is 4.79 Å². The summed E-state index contributed by atoms with van der Waals surface area (Å²) >= 11 is 6.00. The molecule has 5 nitrogen and oxygen atoms in total. The Morgan fingerprint density at radius 2 is 1.96 bits per heavy atom. The van der Waals surface area contributed by atoms with E-state index in [-0.39, 0.29) is 24.2 Å². The molecule has 0 bridgehead atoms. The van der Waals surface area contributed by atoms with Gasteiger partial charge in [0.25, 0.3) is 5.91 Å². The van der Waals surface area contributed by atoms with Gasteiger partial charge in [-0.25, -0.2) is 4.68 Å². The average Bonchev–Trinajstić information content (AvgIpc) is 2.81. The van der Waals surface area contributed by atoms with Gasteiger partial charge in [0.05, 0.1) is 5.69 Å². The standard InChI is InChI=1S/C19H25ClN4O.ClH/c1-13(11-21)12-22-19(25)18-16-5-3-2-4-6-17(16)24(23-18)15-9-7-14(20)8-10-15;/h7-10,13H,2-6,11-12,21H2,1H3,(H,22,25);1H. The predicted octanol–water partition coefficient (Wildman–Crippen LogP) is 3.54. The number of nitrogens with zero attached hydrogens (tertiary/aromatic N) is 2. The number of hydrogen-bond donors (Lipinski definition) is 2. The molecule has 0 radical (unpaired) electrons. The molecular formula is C19H26Cl2N4O. The van der Waals surface area contributed by atoms with Gasteiger partial charge in [0, 0.05) is 22.8 Å². The molecule has 1 aromatic heterocycles. The van der Waals surface area contributed by atoms with Crippen LogP contribution in [0.2, 0.25) is 5.02 Å². The van der Waals surface area contributed by atoms with Gasteiger partial charge in [-0.05, 0) is 62.4 Å². The highest BCUT2D eigenvalue weighted by molar-refractivity contribution is 6.30. The lowest BCUT2D eigenvalue weighted by molar-refractivity contribution is 0.0942. The van der Waals surface area contributed by atoms with E-state index >= 15 is 0 Å². The Kier molecular flexibility index (Phi) is 7.50. The van der Waals surface area contributed by atoms with Crippen LogP contribution in [-0.4, -0.2) is 28.8 Å². The lowest BCUT2D eigenvalue weighted by Gasteiger charge is -2.09. The Hall–Kier alpha value is -1.56. The van der Waals surface area contributed by atoms with Crippen LogP contribution in [0, 0.1) is 5.92 Å². The van der Waals surface area contributed by atoms with E-state index in [1.165, 1.54) is 6.42 Å². The van der Waals surface area contributed by atoms with Crippen LogP contribution in [0.15, 0.2) is 24.3 Å². The molecule has 1 amide bonds. The number of halogens is 2. The number of rotatable bonds is 5. The average molecular weight is 397 g/mol. The third-order valence-electron chi connectivity index (χ3n) is 4.73. The predicted molar refractivity (Wildman–Crippen MR) is 108 cm³/mol. The van der Waals surface area contributed by atoms with Gasteiger partial charge in [0.15, 0.2) is 5.69 Å². The largest absolute Gasteiger partial charge is 0.350 e. The summed E-state index contributed by atoms with van der Waals surface area (Å²) in [4.78, 5) is 12.7. The second-order valence-corrected chi connectivity index (χ2v) is 7.21. The topological polar surface area (TPSA) is 72.9 Å². The number of hydrogen-bond acceptors (Lipinski definition) is 3. The van der Waals surface area contributed by atoms with Gasteiger partial charge < -0.3 is 11.1 Å². The maximum absolute atomic E-state index is 12.7. The quantitative estimate of drug-likeness (QED) is 0.758.